The van der Waals surface area contributed by atoms with Gasteiger partial charge in [0.1, 0.15) is 5.02 Å². The minimum atomic E-state index is -3.63. The van der Waals surface area contributed by atoms with Crippen molar-refractivity contribution in [1.29, 1.82) is 0 Å². The highest BCUT2D eigenvalue weighted by molar-refractivity contribution is 7.89. The summed E-state index contributed by atoms with van der Waals surface area (Å²) in [6.07, 6.45) is 2.67. The molecule has 1 amide bonds. The molecule has 4 aromatic rings. The second-order valence-corrected chi connectivity index (χ2v) is 12.2. The Morgan fingerprint density at radius 1 is 1.00 bits per heavy atom. The number of nitrogens with one attached hydrogen (secondary N) is 1. The Balaban J connectivity index is 1.40. The molecule has 2 heterocycles. The molecule has 13 heteroatoms. The van der Waals surface area contributed by atoms with Crippen LogP contribution in [0.25, 0.3) is 10.2 Å². The lowest BCUT2D eigenvalue weighted by Gasteiger charge is -2.25. The monoisotopic (exact) mass is 584 g/mol. The molecular formula is C26H21ClN4O6S2. The smallest absolute Gasteiger partial charge is 0.288 e. The third-order valence-corrected chi connectivity index (χ3v) is 9.50. The van der Waals surface area contributed by atoms with Gasteiger partial charge in [-0.3, -0.25) is 25.0 Å². The Kier molecular flexibility index (Phi) is 7.45. The standard InChI is InChI=1S/C26H21ClN4O6S2/c27-20-10-8-16(14-22(20)31(34)35)24(32)18-6-2-3-7-19(18)25(33)29-26-28-21-11-9-17(15-23(21)38-26)39(36,37)30-12-4-1-5-13-30/h2-3,6-11,14-15H,1,4-5,12-13H2,(H,28,29,33). The Bertz CT molecular complexity index is 1730. The quantitative estimate of drug-likeness (QED) is 0.171. The summed E-state index contributed by atoms with van der Waals surface area (Å²) in [5, 5.41) is 14.1. The van der Waals surface area contributed by atoms with Crippen LogP contribution in [0.5, 0.6) is 0 Å². The van der Waals surface area contributed by atoms with E-state index in [9.17, 15) is 28.1 Å². The number of carbonyl (C=O) groups excluding carboxylic acids is 2. The highest BCUT2D eigenvalue weighted by Crippen LogP contribution is 2.31. The number of halogens is 1. The number of piperidine rings is 1. The number of amides is 1. The summed E-state index contributed by atoms with van der Waals surface area (Å²) < 4.78 is 28.2. The van der Waals surface area contributed by atoms with Gasteiger partial charge < -0.3 is 0 Å². The lowest BCUT2D eigenvalue weighted by atomic mass is 9.97. The van der Waals surface area contributed by atoms with Crippen molar-refractivity contribution < 1.29 is 22.9 Å². The minimum Gasteiger partial charge on any atom is -0.298 e. The number of aromatic nitrogens is 1. The first-order valence-corrected chi connectivity index (χ1v) is 14.6. The number of carbonyl (C=O) groups is 2. The number of benzene rings is 3. The molecule has 3 aromatic carbocycles. The van der Waals surface area contributed by atoms with Crippen LogP contribution in [0.3, 0.4) is 0 Å². The first kappa shape index (κ1) is 26.9. The second kappa shape index (κ2) is 10.8. The average Bonchev–Trinajstić information content (AvgIpc) is 3.34. The first-order chi connectivity index (χ1) is 18.6. The number of fused-ring (bicyclic) bond motifs is 1. The molecule has 1 saturated heterocycles. The molecule has 1 aliphatic rings. The SMILES string of the molecule is O=C(Nc1nc2ccc(S(=O)(=O)N3CCCCC3)cc2s1)c1ccccc1C(=O)c1ccc(Cl)c([N+](=O)[O-])c1. The molecule has 1 N–H and O–H groups in total. The molecule has 0 unspecified atom stereocenters. The Morgan fingerprint density at radius 2 is 1.72 bits per heavy atom. The molecule has 0 aliphatic carbocycles. The number of nitrogens with zero attached hydrogens (tertiary/aromatic N) is 3. The van der Waals surface area contributed by atoms with Crippen molar-refractivity contribution in [2.75, 3.05) is 18.4 Å². The fourth-order valence-electron chi connectivity index (χ4n) is 4.37. The van der Waals surface area contributed by atoms with Crippen molar-refractivity contribution in [2.45, 2.75) is 24.2 Å². The lowest BCUT2D eigenvalue weighted by Crippen LogP contribution is -2.35. The number of rotatable bonds is 7. The number of thiazole rings is 1. The molecule has 1 aliphatic heterocycles. The molecule has 0 atom stereocenters. The summed E-state index contributed by atoms with van der Waals surface area (Å²) in [6.45, 7) is 0.984. The highest BCUT2D eigenvalue weighted by Gasteiger charge is 2.27. The van der Waals surface area contributed by atoms with Crippen molar-refractivity contribution in [2.24, 2.45) is 0 Å². The fourth-order valence-corrected chi connectivity index (χ4v) is 7.07. The normalized spacial score (nSPS) is 14.3. The van der Waals surface area contributed by atoms with Crippen molar-refractivity contribution in [3.05, 3.63) is 92.5 Å². The predicted molar refractivity (Wildman–Crippen MR) is 148 cm³/mol. The molecule has 1 aromatic heterocycles. The van der Waals surface area contributed by atoms with Gasteiger partial charge in [0.2, 0.25) is 10.0 Å². The van der Waals surface area contributed by atoms with E-state index < -0.39 is 32.3 Å². The number of nitro groups is 1. The van der Waals surface area contributed by atoms with Gasteiger partial charge in [-0.15, -0.1) is 0 Å². The summed E-state index contributed by atoms with van der Waals surface area (Å²) in [4.78, 5) is 41.5. The minimum absolute atomic E-state index is 0.00813. The molecule has 0 radical (unpaired) electrons. The van der Waals surface area contributed by atoms with Crippen molar-refractivity contribution in [3.8, 4) is 0 Å². The van der Waals surface area contributed by atoms with E-state index in [1.165, 1.54) is 34.6 Å². The van der Waals surface area contributed by atoms with E-state index in [4.69, 9.17) is 11.6 Å². The van der Waals surface area contributed by atoms with E-state index >= 15 is 0 Å². The highest BCUT2D eigenvalue weighted by atomic mass is 35.5. The van der Waals surface area contributed by atoms with Gasteiger partial charge in [0.15, 0.2) is 10.9 Å². The van der Waals surface area contributed by atoms with Crippen LogP contribution < -0.4 is 5.32 Å². The average molecular weight is 585 g/mol. The van der Waals surface area contributed by atoms with Crippen molar-refractivity contribution in [3.63, 3.8) is 0 Å². The summed E-state index contributed by atoms with van der Waals surface area (Å²) in [5.74, 6) is -1.19. The van der Waals surface area contributed by atoms with E-state index in [0.717, 1.165) is 36.7 Å². The van der Waals surface area contributed by atoms with Gasteiger partial charge in [-0.05, 0) is 49.2 Å². The maximum absolute atomic E-state index is 13.2. The molecule has 39 heavy (non-hydrogen) atoms. The molecule has 0 saturated carbocycles. The van der Waals surface area contributed by atoms with Gasteiger partial charge in [0.25, 0.3) is 11.6 Å². The van der Waals surface area contributed by atoms with E-state index in [0.29, 0.717) is 23.3 Å². The Labute approximate surface area is 232 Å². The van der Waals surface area contributed by atoms with Crippen LogP contribution >= 0.6 is 22.9 Å². The molecule has 200 valence electrons. The van der Waals surface area contributed by atoms with Gasteiger partial charge in [0, 0.05) is 30.3 Å². The van der Waals surface area contributed by atoms with Gasteiger partial charge in [0.05, 0.1) is 25.6 Å². The lowest BCUT2D eigenvalue weighted by molar-refractivity contribution is -0.384. The van der Waals surface area contributed by atoms with Crippen molar-refractivity contribution >= 4 is 65.7 Å². The molecule has 0 bridgehead atoms. The number of anilines is 1. The van der Waals surface area contributed by atoms with Crippen molar-refractivity contribution in [1.82, 2.24) is 9.29 Å². The number of ketones is 1. The number of sulfonamides is 1. The molecule has 10 nitrogen and oxygen atoms in total. The molecule has 0 spiro atoms. The van der Waals surface area contributed by atoms with Crippen LogP contribution in [0.15, 0.2) is 65.6 Å². The summed E-state index contributed by atoms with van der Waals surface area (Å²) in [7, 11) is -3.63. The fraction of sp³-hybridized carbons (Fsp3) is 0.192. The van der Waals surface area contributed by atoms with E-state index in [1.807, 2.05) is 0 Å². The topological polar surface area (TPSA) is 140 Å². The molecule has 5 rings (SSSR count). The Hall–Kier alpha value is -3.71. The van der Waals surface area contributed by atoms with Crippen LogP contribution in [-0.4, -0.2) is 47.4 Å². The van der Waals surface area contributed by atoms with E-state index in [1.54, 1.807) is 24.3 Å². The zero-order chi connectivity index (χ0) is 27.7. The number of nitro benzene ring substituents is 1. The largest absolute Gasteiger partial charge is 0.298 e. The van der Waals surface area contributed by atoms with Crippen LogP contribution in [0.4, 0.5) is 10.8 Å². The third kappa shape index (κ3) is 5.41. The van der Waals surface area contributed by atoms with E-state index in [-0.39, 0.29) is 31.7 Å². The maximum Gasteiger partial charge on any atom is 0.288 e. The number of hydrogen-bond acceptors (Lipinski definition) is 8. The zero-order valence-corrected chi connectivity index (χ0v) is 22.7. The molecule has 1 fully saturated rings. The van der Waals surface area contributed by atoms with Gasteiger partial charge in [-0.25, -0.2) is 13.4 Å². The van der Waals surface area contributed by atoms with E-state index in [2.05, 4.69) is 10.3 Å². The maximum atomic E-state index is 13.2. The predicted octanol–water partition coefficient (Wildman–Crippen LogP) is 5.52. The zero-order valence-electron chi connectivity index (χ0n) is 20.3. The van der Waals surface area contributed by atoms with Crippen LogP contribution in [0.1, 0.15) is 45.5 Å². The molecular weight excluding hydrogens is 564 g/mol. The van der Waals surface area contributed by atoms with Crippen LogP contribution in [-0.2, 0) is 10.0 Å². The first-order valence-electron chi connectivity index (χ1n) is 11.9. The second-order valence-electron chi connectivity index (χ2n) is 8.87. The van der Waals surface area contributed by atoms with Gasteiger partial charge >= 0.3 is 0 Å². The number of hydrogen-bond donors (Lipinski definition) is 1. The van der Waals surface area contributed by atoms with Gasteiger partial charge in [-0.2, -0.15) is 4.31 Å². The summed E-state index contributed by atoms with van der Waals surface area (Å²) in [6, 6.07) is 14.4. The third-order valence-electron chi connectivity index (χ3n) is 6.35. The summed E-state index contributed by atoms with van der Waals surface area (Å²) >= 11 is 6.98. The van der Waals surface area contributed by atoms with Crippen LogP contribution in [0.2, 0.25) is 5.02 Å². The summed E-state index contributed by atoms with van der Waals surface area (Å²) in [5.41, 5.74) is 0.204. The Morgan fingerprint density at radius 3 is 2.44 bits per heavy atom. The van der Waals surface area contributed by atoms with Gasteiger partial charge in [-0.1, -0.05) is 47.6 Å². The van der Waals surface area contributed by atoms with Crippen LogP contribution in [0, 0.1) is 10.1 Å².